The predicted octanol–water partition coefficient (Wildman–Crippen LogP) is 4.00. The summed E-state index contributed by atoms with van der Waals surface area (Å²) in [6, 6.07) is 24.6. The summed E-state index contributed by atoms with van der Waals surface area (Å²) in [7, 11) is 5.07. The summed E-state index contributed by atoms with van der Waals surface area (Å²) in [6.07, 6.45) is 3.77. The van der Waals surface area contributed by atoms with Crippen LogP contribution in [0.1, 0.15) is 29.9 Å². The maximum absolute atomic E-state index is 6.65. The van der Waals surface area contributed by atoms with Gasteiger partial charge in [0.25, 0.3) is 0 Å². The minimum Gasteiger partial charge on any atom is -0.500 e. The Hall–Kier alpha value is -3.40. The third-order valence-electron chi connectivity index (χ3n) is 8.20. The van der Waals surface area contributed by atoms with Crippen molar-refractivity contribution in [3.05, 3.63) is 94.4 Å². The van der Waals surface area contributed by atoms with Crippen molar-refractivity contribution in [1.82, 2.24) is 5.32 Å². The summed E-state index contributed by atoms with van der Waals surface area (Å²) in [6.45, 7) is 4.00. The summed E-state index contributed by atoms with van der Waals surface area (Å²) in [5.41, 5.74) is 2.20. The van der Waals surface area contributed by atoms with E-state index in [1.807, 2.05) is 36.4 Å². The predicted molar refractivity (Wildman–Crippen MR) is 170 cm³/mol. The average Bonchev–Trinajstić information content (AvgIpc) is 3.08. The van der Waals surface area contributed by atoms with Crippen LogP contribution in [0.15, 0.2) is 72.8 Å². The lowest BCUT2D eigenvalue weighted by atomic mass is 9.85. The zero-order chi connectivity index (χ0) is 30.6. The number of hydrogen-bond acceptors (Lipinski definition) is 8. The van der Waals surface area contributed by atoms with Gasteiger partial charge in [-0.2, -0.15) is 0 Å². The van der Waals surface area contributed by atoms with E-state index in [0.717, 1.165) is 54.3 Å². The molecule has 1 unspecified atom stereocenters. The van der Waals surface area contributed by atoms with Crippen molar-refractivity contribution in [2.75, 3.05) is 61.0 Å². The smallest absolute Gasteiger partial charge is 0.146 e. The number of benzene rings is 3. The number of rotatable bonds is 16. The molecule has 1 saturated heterocycles. The number of nitrogens with one attached hydrogen (secondary N) is 1. The highest BCUT2D eigenvalue weighted by atomic mass is 16.7. The normalized spacial score (nSPS) is 21.3. The Morgan fingerprint density at radius 3 is 2.36 bits per heavy atom. The SMILES string of the molecule is COCO[C@@H]1CNC[C@H](OCC2C=c3ccccc3=C(OC)C2)[C@H]1c1ccc(OCCCOCc2ccccc2OC)cc1. The fraction of sp³-hybridized carbons (Fsp3) is 0.444. The number of methoxy groups -OCH3 is 3. The van der Waals surface area contributed by atoms with Gasteiger partial charge in [0.15, 0.2) is 0 Å². The Morgan fingerprint density at radius 1 is 0.795 bits per heavy atom. The second kappa shape index (κ2) is 16.6. The molecule has 44 heavy (non-hydrogen) atoms. The summed E-state index contributed by atoms with van der Waals surface area (Å²) in [4.78, 5) is 0. The molecule has 5 rings (SSSR count). The van der Waals surface area contributed by atoms with Gasteiger partial charge in [-0.3, -0.25) is 0 Å². The molecule has 1 heterocycles. The van der Waals surface area contributed by atoms with Crippen molar-refractivity contribution in [3.8, 4) is 11.5 Å². The number of hydrogen-bond donors (Lipinski definition) is 1. The highest BCUT2D eigenvalue weighted by Crippen LogP contribution is 2.32. The number of piperidine rings is 1. The molecule has 236 valence electrons. The van der Waals surface area contributed by atoms with Gasteiger partial charge in [0.1, 0.15) is 24.1 Å². The Kier molecular flexibility index (Phi) is 12.1. The molecular weight excluding hydrogens is 558 g/mol. The van der Waals surface area contributed by atoms with Crippen LogP contribution in [0.4, 0.5) is 0 Å². The van der Waals surface area contributed by atoms with Crippen molar-refractivity contribution >= 4 is 11.8 Å². The monoisotopic (exact) mass is 603 g/mol. The van der Waals surface area contributed by atoms with Gasteiger partial charge in [-0.15, -0.1) is 0 Å². The van der Waals surface area contributed by atoms with Gasteiger partial charge in [-0.1, -0.05) is 60.7 Å². The molecule has 3 aromatic carbocycles. The Bertz CT molecular complexity index is 1430. The van der Waals surface area contributed by atoms with E-state index >= 15 is 0 Å². The first kappa shape index (κ1) is 32.0. The van der Waals surface area contributed by atoms with Crippen LogP contribution < -0.4 is 25.2 Å². The molecule has 0 saturated carbocycles. The summed E-state index contributed by atoms with van der Waals surface area (Å²) in [5.74, 6) is 2.96. The van der Waals surface area contributed by atoms with E-state index < -0.39 is 0 Å². The molecule has 1 fully saturated rings. The van der Waals surface area contributed by atoms with Gasteiger partial charge in [0, 0.05) is 55.7 Å². The molecule has 0 spiro atoms. The van der Waals surface area contributed by atoms with Crippen molar-refractivity contribution in [2.45, 2.75) is 37.6 Å². The maximum Gasteiger partial charge on any atom is 0.146 e. The first-order valence-corrected chi connectivity index (χ1v) is 15.4. The summed E-state index contributed by atoms with van der Waals surface area (Å²) >= 11 is 0. The van der Waals surface area contributed by atoms with Crippen molar-refractivity contribution in [2.24, 2.45) is 5.92 Å². The number of ether oxygens (including phenoxy) is 7. The van der Waals surface area contributed by atoms with Crippen LogP contribution >= 0.6 is 0 Å². The Morgan fingerprint density at radius 2 is 1.57 bits per heavy atom. The summed E-state index contributed by atoms with van der Waals surface area (Å²) in [5, 5.41) is 5.86. The Balaban J connectivity index is 1.16. The van der Waals surface area contributed by atoms with Crippen LogP contribution in [0.5, 0.6) is 11.5 Å². The molecule has 8 nitrogen and oxygen atoms in total. The zero-order valence-electron chi connectivity index (χ0n) is 26.0. The fourth-order valence-corrected chi connectivity index (χ4v) is 6.02. The van der Waals surface area contributed by atoms with E-state index in [0.29, 0.717) is 26.4 Å². The van der Waals surface area contributed by atoms with Gasteiger partial charge >= 0.3 is 0 Å². The van der Waals surface area contributed by atoms with Gasteiger partial charge in [-0.25, -0.2) is 0 Å². The third-order valence-corrected chi connectivity index (χ3v) is 8.20. The topological polar surface area (TPSA) is 76.6 Å². The molecule has 0 aromatic heterocycles. The van der Waals surface area contributed by atoms with E-state index in [4.69, 9.17) is 33.2 Å². The van der Waals surface area contributed by atoms with Gasteiger partial charge in [-0.05, 0) is 29.0 Å². The van der Waals surface area contributed by atoms with Crippen LogP contribution in [0, 0.1) is 5.92 Å². The molecule has 0 bridgehead atoms. The van der Waals surface area contributed by atoms with E-state index in [9.17, 15) is 0 Å². The molecule has 4 atom stereocenters. The first-order chi connectivity index (χ1) is 21.7. The van der Waals surface area contributed by atoms with Crippen LogP contribution in [-0.2, 0) is 30.3 Å². The molecule has 1 aliphatic heterocycles. The largest absolute Gasteiger partial charge is 0.500 e. The zero-order valence-corrected chi connectivity index (χ0v) is 26.0. The number of fused-ring (bicyclic) bond motifs is 1. The van der Waals surface area contributed by atoms with Gasteiger partial charge in [0.2, 0.25) is 0 Å². The van der Waals surface area contributed by atoms with E-state index in [-0.39, 0.29) is 30.8 Å². The van der Waals surface area contributed by atoms with Gasteiger partial charge in [0.05, 0.1) is 52.9 Å². The third kappa shape index (κ3) is 8.40. The quantitative estimate of drug-likeness (QED) is 0.195. The summed E-state index contributed by atoms with van der Waals surface area (Å²) < 4.78 is 41.0. The molecule has 2 aliphatic rings. The van der Waals surface area contributed by atoms with Crippen LogP contribution in [0.25, 0.3) is 11.8 Å². The average molecular weight is 604 g/mol. The van der Waals surface area contributed by atoms with Crippen LogP contribution in [0.2, 0.25) is 0 Å². The highest BCUT2D eigenvalue weighted by Gasteiger charge is 2.36. The minimum atomic E-state index is -0.0852. The van der Waals surface area contributed by atoms with Crippen molar-refractivity contribution in [1.29, 1.82) is 0 Å². The molecule has 0 radical (unpaired) electrons. The second-order valence-corrected chi connectivity index (χ2v) is 11.1. The molecule has 3 aromatic rings. The second-order valence-electron chi connectivity index (χ2n) is 11.1. The van der Waals surface area contributed by atoms with E-state index in [1.54, 1.807) is 21.3 Å². The lowest BCUT2D eigenvalue weighted by molar-refractivity contribution is -0.112. The molecular formula is C36H45NO7. The molecule has 1 N–H and O–H groups in total. The molecule has 0 amide bonds. The van der Waals surface area contributed by atoms with Crippen LogP contribution in [0.3, 0.4) is 0 Å². The molecule has 1 aliphatic carbocycles. The van der Waals surface area contributed by atoms with Crippen LogP contribution in [-0.4, -0.2) is 73.2 Å². The number of para-hydroxylation sites is 1. The fourth-order valence-electron chi connectivity index (χ4n) is 6.02. The first-order valence-electron chi connectivity index (χ1n) is 15.4. The Labute approximate surface area is 260 Å². The van der Waals surface area contributed by atoms with Crippen molar-refractivity contribution < 1.29 is 33.2 Å². The molecule has 8 heteroatoms. The standard InChI is InChI=1S/C36H45NO7/c1-38-25-44-35-22-37-21-34(43-23-26-19-28-9-4-6-11-31(28)33(20-26)40-3)36(35)27-13-15-30(16-14-27)42-18-8-17-41-24-29-10-5-7-12-32(29)39-2/h4-7,9-16,19,26,34-37H,8,17-18,20-25H2,1-3H3/t26?,34-,35+,36+/m0/s1. The highest BCUT2D eigenvalue weighted by molar-refractivity contribution is 5.47. The minimum absolute atomic E-state index is 0.0468. The lowest BCUT2D eigenvalue weighted by Crippen LogP contribution is -2.51. The van der Waals surface area contributed by atoms with Crippen molar-refractivity contribution in [3.63, 3.8) is 0 Å². The van der Waals surface area contributed by atoms with E-state index in [1.165, 1.54) is 10.4 Å². The van der Waals surface area contributed by atoms with E-state index in [2.05, 4.69) is 47.8 Å². The maximum atomic E-state index is 6.65. The van der Waals surface area contributed by atoms with Gasteiger partial charge < -0.3 is 38.5 Å². The lowest BCUT2D eigenvalue weighted by Gasteiger charge is -2.39.